The van der Waals surface area contributed by atoms with Crippen LogP contribution in [0.25, 0.3) is 16.7 Å². The lowest BCUT2D eigenvalue weighted by molar-refractivity contribution is 0.274. The number of aliphatic hydroxyl groups is 1. The first-order chi connectivity index (χ1) is 10.9. The molecule has 2 aromatic rings. The van der Waals surface area contributed by atoms with E-state index in [0.717, 1.165) is 10.1 Å². The standard InChI is InChI=1S/C16H14BrN3O3/c1-4-12(17)9(2)10(3)15-19-13-14(23-15)11(7-18)8-20(5-6-21)16(13)22/h4,8,21H,1,3,5-6H2,2H3/b12-9+. The number of pyridine rings is 1. The van der Waals surface area contributed by atoms with Crippen molar-refractivity contribution in [2.45, 2.75) is 13.5 Å². The van der Waals surface area contributed by atoms with Crippen LogP contribution in [0.4, 0.5) is 0 Å². The van der Waals surface area contributed by atoms with Crippen molar-refractivity contribution >= 4 is 32.6 Å². The number of oxazole rings is 1. The molecule has 23 heavy (non-hydrogen) atoms. The lowest BCUT2D eigenvalue weighted by Crippen LogP contribution is -2.22. The van der Waals surface area contributed by atoms with Crippen LogP contribution in [0.5, 0.6) is 0 Å². The molecule has 7 heteroatoms. The number of nitrogens with zero attached hydrogens (tertiary/aromatic N) is 3. The number of allylic oxidation sites excluding steroid dienone is 4. The van der Waals surface area contributed by atoms with Gasteiger partial charge in [-0.2, -0.15) is 5.26 Å². The lowest BCUT2D eigenvalue weighted by atomic mass is 10.1. The molecule has 2 rings (SSSR count). The fraction of sp³-hybridized carbons (Fsp3) is 0.188. The van der Waals surface area contributed by atoms with Gasteiger partial charge in [-0.25, -0.2) is 4.98 Å². The monoisotopic (exact) mass is 375 g/mol. The predicted octanol–water partition coefficient (Wildman–Crippen LogP) is 2.72. The maximum Gasteiger partial charge on any atom is 0.280 e. The zero-order chi connectivity index (χ0) is 17.1. The molecule has 0 bridgehead atoms. The van der Waals surface area contributed by atoms with Crippen LogP contribution in [0.1, 0.15) is 18.4 Å². The highest BCUT2D eigenvalue weighted by molar-refractivity contribution is 9.11. The molecule has 0 fully saturated rings. The van der Waals surface area contributed by atoms with E-state index in [0.29, 0.717) is 5.57 Å². The van der Waals surface area contributed by atoms with Crippen LogP contribution in [0.3, 0.4) is 0 Å². The number of hydrogen-bond acceptors (Lipinski definition) is 5. The zero-order valence-electron chi connectivity index (χ0n) is 12.5. The summed E-state index contributed by atoms with van der Waals surface area (Å²) < 4.78 is 7.54. The van der Waals surface area contributed by atoms with Gasteiger partial charge >= 0.3 is 0 Å². The molecule has 0 radical (unpaired) electrons. The maximum atomic E-state index is 12.3. The number of aliphatic hydroxyl groups excluding tert-OH is 1. The van der Waals surface area contributed by atoms with Crippen LogP contribution in [-0.4, -0.2) is 21.3 Å². The van der Waals surface area contributed by atoms with Crippen LogP contribution in [0.2, 0.25) is 0 Å². The van der Waals surface area contributed by atoms with Gasteiger partial charge in [0, 0.05) is 22.8 Å². The Bertz CT molecular complexity index is 928. The van der Waals surface area contributed by atoms with Crippen LogP contribution < -0.4 is 5.56 Å². The third-order valence-electron chi connectivity index (χ3n) is 3.33. The van der Waals surface area contributed by atoms with Gasteiger partial charge in [-0.05, 0) is 12.5 Å². The molecule has 1 N–H and O–H groups in total. The minimum absolute atomic E-state index is 0.0381. The molecule has 0 aliphatic heterocycles. The minimum atomic E-state index is -0.430. The van der Waals surface area contributed by atoms with Gasteiger partial charge in [0.15, 0.2) is 11.1 Å². The Morgan fingerprint density at radius 3 is 2.91 bits per heavy atom. The Morgan fingerprint density at radius 1 is 1.65 bits per heavy atom. The highest BCUT2D eigenvalue weighted by Gasteiger charge is 2.18. The molecule has 0 atom stereocenters. The smallest absolute Gasteiger partial charge is 0.280 e. The molecule has 2 heterocycles. The average molecular weight is 376 g/mol. The normalized spacial score (nSPS) is 11.9. The summed E-state index contributed by atoms with van der Waals surface area (Å²) in [6.07, 6.45) is 2.96. The van der Waals surface area contributed by atoms with Crippen molar-refractivity contribution < 1.29 is 9.52 Å². The van der Waals surface area contributed by atoms with Gasteiger partial charge in [0.05, 0.1) is 6.61 Å². The molecule has 0 amide bonds. The van der Waals surface area contributed by atoms with Crippen LogP contribution in [-0.2, 0) is 6.54 Å². The van der Waals surface area contributed by atoms with Gasteiger partial charge in [-0.3, -0.25) is 4.79 Å². The fourth-order valence-electron chi connectivity index (χ4n) is 2.00. The van der Waals surface area contributed by atoms with Gasteiger partial charge in [0.25, 0.3) is 5.56 Å². The second-order valence-electron chi connectivity index (χ2n) is 4.73. The second-order valence-corrected chi connectivity index (χ2v) is 5.58. The Hall–Kier alpha value is -2.43. The summed E-state index contributed by atoms with van der Waals surface area (Å²) in [4.78, 5) is 16.5. The van der Waals surface area contributed by atoms with Crippen LogP contribution >= 0.6 is 15.9 Å². The van der Waals surface area contributed by atoms with E-state index in [1.807, 2.05) is 6.07 Å². The molecule has 0 aliphatic carbocycles. The SMILES string of the molecule is C=C/C(Br)=C(/C)C(=C)c1nc2c(=O)n(CCO)cc(C#N)c2o1. The van der Waals surface area contributed by atoms with Crippen molar-refractivity contribution in [2.24, 2.45) is 0 Å². The molecule has 0 unspecified atom stereocenters. The Labute approximate surface area is 140 Å². The second kappa shape index (κ2) is 6.77. The first-order valence-corrected chi connectivity index (χ1v) is 7.47. The summed E-state index contributed by atoms with van der Waals surface area (Å²) in [5.41, 5.74) is 1.12. The molecular formula is C16H14BrN3O3. The number of nitriles is 1. The number of hydrogen-bond donors (Lipinski definition) is 1. The number of fused-ring (bicyclic) bond motifs is 1. The van der Waals surface area contributed by atoms with E-state index in [1.165, 1.54) is 10.8 Å². The van der Waals surface area contributed by atoms with Crippen molar-refractivity contribution in [1.82, 2.24) is 9.55 Å². The molecule has 0 aromatic carbocycles. The quantitative estimate of drug-likeness (QED) is 0.811. The first kappa shape index (κ1) is 16.9. The van der Waals surface area contributed by atoms with Crippen molar-refractivity contribution in [3.63, 3.8) is 0 Å². The molecule has 0 aliphatic rings. The predicted molar refractivity (Wildman–Crippen MR) is 90.9 cm³/mol. The largest absolute Gasteiger partial charge is 0.434 e. The van der Waals surface area contributed by atoms with E-state index in [2.05, 4.69) is 34.1 Å². The van der Waals surface area contributed by atoms with Crippen molar-refractivity contribution in [3.05, 3.63) is 57.3 Å². The lowest BCUT2D eigenvalue weighted by Gasteiger charge is -2.02. The Balaban J connectivity index is 2.70. The molecular weight excluding hydrogens is 362 g/mol. The summed E-state index contributed by atoms with van der Waals surface area (Å²) in [5, 5.41) is 18.2. The maximum absolute atomic E-state index is 12.3. The van der Waals surface area contributed by atoms with E-state index >= 15 is 0 Å². The summed E-state index contributed by atoms with van der Waals surface area (Å²) in [7, 11) is 0. The highest BCUT2D eigenvalue weighted by atomic mass is 79.9. The molecule has 118 valence electrons. The summed E-state index contributed by atoms with van der Waals surface area (Å²) in [6.45, 7) is 9.23. The van der Waals surface area contributed by atoms with E-state index < -0.39 is 5.56 Å². The minimum Gasteiger partial charge on any atom is -0.434 e. The fourth-order valence-corrected chi connectivity index (χ4v) is 2.24. The van der Waals surface area contributed by atoms with Gasteiger partial charge in [-0.15, -0.1) is 0 Å². The summed E-state index contributed by atoms with van der Waals surface area (Å²) in [6, 6.07) is 1.97. The van der Waals surface area contributed by atoms with Gasteiger partial charge in [0.2, 0.25) is 5.89 Å². The molecule has 0 saturated heterocycles. The molecule has 0 saturated carbocycles. The molecule has 0 spiro atoms. The van der Waals surface area contributed by atoms with Crippen LogP contribution in [0.15, 0.2) is 44.7 Å². The summed E-state index contributed by atoms with van der Waals surface area (Å²) >= 11 is 3.34. The van der Waals surface area contributed by atoms with Gasteiger partial charge in [-0.1, -0.05) is 35.2 Å². The Morgan fingerprint density at radius 2 is 2.35 bits per heavy atom. The molecule has 2 aromatic heterocycles. The summed E-state index contributed by atoms with van der Waals surface area (Å²) in [5.74, 6) is 0.159. The van der Waals surface area contributed by atoms with E-state index in [1.54, 1.807) is 13.0 Å². The Kier molecular flexibility index (Phi) is 4.98. The molecule has 6 nitrogen and oxygen atoms in total. The third kappa shape index (κ3) is 3.04. The van der Waals surface area contributed by atoms with Crippen molar-refractivity contribution in [2.75, 3.05) is 6.61 Å². The van der Waals surface area contributed by atoms with E-state index in [-0.39, 0.29) is 35.7 Å². The van der Waals surface area contributed by atoms with E-state index in [9.17, 15) is 10.1 Å². The number of halogens is 1. The highest BCUT2D eigenvalue weighted by Crippen LogP contribution is 2.28. The van der Waals surface area contributed by atoms with Gasteiger partial charge in [0.1, 0.15) is 11.6 Å². The van der Waals surface area contributed by atoms with Gasteiger partial charge < -0.3 is 14.1 Å². The third-order valence-corrected chi connectivity index (χ3v) is 4.25. The van der Waals surface area contributed by atoms with Crippen molar-refractivity contribution in [3.8, 4) is 6.07 Å². The number of aromatic nitrogens is 2. The topological polar surface area (TPSA) is 92.0 Å². The first-order valence-electron chi connectivity index (χ1n) is 6.68. The average Bonchev–Trinajstić information content (AvgIpc) is 3.01. The number of rotatable bonds is 5. The van der Waals surface area contributed by atoms with Crippen molar-refractivity contribution in [1.29, 1.82) is 5.26 Å². The van der Waals surface area contributed by atoms with E-state index in [4.69, 9.17) is 9.52 Å². The zero-order valence-corrected chi connectivity index (χ0v) is 14.1. The van der Waals surface area contributed by atoms with Crippen LogP contribution in [0, 0.1) is 11.3 Å².